The monoisotopic (exact) mass is 613 g/mol. The molecule has 9 heteroatoms. The lowest BCUT2D eigenvalue weighted by atomic mass is 9.77. The van der Waals surface area contributed by atoms with Crippen molar-refractivity contribution < 1.29 is 29.0 Å². The van der Waals surface area contributed by atoms with Crippen molar-refractivity contribution >= 4 is 23.4 Å². The number of rotatable bonds is 10. The normalized spacial score (nSPS) is 28.8. The molecule has 0 radical (unpaired) electrons. The summed E-state index contributed by atoms with van der Waals surface area (Å²) in [6, 6.07) is 15.3. The van der Waals surface area contributed by atoms with Crippen molar-refractivity contribution in [2.24, 2.45) is 11.8 Å². The highest BCUT2D eigenvalue weighted by molar-refractivity contribution is 6.04. The van der Waals surface area contributed by atoms with Crippen LogP contribution in [0.25, 0.3) is 0 Å². The number of likely N-dealkylation sites (tertiary alicyclic amines) is 1. The van der Waals surface area contributed by atoms with Gasteiger partial charge in [0.05, 0.1) is 37.2 Å². The molecule has 238 valence electrons. The average Bonchev–Trinajstić information content (AvgIpc) is 3.36. The molecular weight excluding hydrogens is 570 g/mol. The van der Waals surface area contributed by atoms with E-state index < -0.39 is 35.6 Å². The molecule has 9 nitrogen and oxygen atoms in total. The molecule has 2 saturated heterocycles. The van der Waals surface area contributed by atoms with Gasteiger partial charge in [0.1, 0.15) is 17.4 Å². The van der Waals surface area contributed by atoms with Gasteiger partial charge in [0, 0.05) is 24.8 Å². The number of aliphatic hydroxyl groups is 1. The van der Waals surface area contributed by atoms with Crippen LogP contribution in [0.3, 0.4) is 0 Å². The molecule has 0 bridgehead atoms. The Hall–Kier alpha value is -3.95. The Morgan fingerprint density at radius 2 is 1.73 bits per heavy atom. The van der Waals surface area contributed by atoms with Crippen LogP contribution in [0.1, 0.15) is 39.2 Å². The number of benzene rings is 2. The topological polar surface area (TPSA) is 99.6 Å². The number of amides is 3. The summed E-state index contributed by atoms with van der Waals surface area (Å²) in [5, 5.41) is 10.7. The number of ether oxygens (including phenoxy) is 2. The summed E-state index contributed by atoms with van der Waals surface area (Å²) in [5.41, 5.74) is 0.283. The summed E-state index contributed by atoms with van der Waals surface area (Å²) in [6.45, 7) is 6.95. The highest BCUT2D eigenvalue weighted by Crippen LogP contribution is 2.54. The number of hydrogen-bond acceptors (Lipinski definition) is 6. The quantitative estimate of drug-likeness (QED) is 0.410. The maximum absolute atomic E-state index is 14.8. The predicted molar refractivity (Wildman–Crippen MR) is 171 cm³/mol. The predicted octanol–water partition coefficient (Wildman–Crippen LogP) is 3.76. The van der Waals surface area contributed by atoms with Crippen LogP contribution in [0.4, 0.5) is 5.69 Å². The summed E-state index contributed by atoms with van der Waals surface area (Å²) in [4.78, 5) is 49.0. The molecule has 6 rings (SSSR count). The van der Waals surface area contributed by atoms with Gasteiger partial charge >= 0.3 is 0 Å². The SMILES string of the molecule is CCCC(C)N1CC=C[C@]23O[C@H]4C=CCN(c5ccc(OCC)cc5)C(=O)[C@H]4[C@H]2C(=O)N([C@@H](CO)Cc2ccccc2)C3C1=O. The average molecular weight is 614 g/mol. The fraction of sp³-hybridized carbons (Fsp3) is 0.472. The van der Waals surface area contributed by atoms with E-state index in [-0.39, 0.29) is 30.4 Å². The molecule has 4 heterocycles. The van der Waals surface area contributed by atoms with E-state index in [2.05, 4.69) is 6.92 Å². The molecule has 45 heavy (non-hydrogen) atoms. The van der Waals surface area contributed by atoms with E-state index >= 15 is 0 Å². The lowest BCUT2D eigenvalue weighted by molar-refractivity contribution is -0.151. The molecule has 1 spiro atoms. The van der Waals surface area contributed by atoms with Crippen LogP contribution in [0, 0.1) is 11.8 Å². The zero-order valence-corrected chi connectivity index (χ0v) is 26.2. The number of carbonyl (C=O) groups is 3. The van der Waals surface area contributed by atoms with Gasteiger partial charge in [-0.3, -0.25) is 14.4 Å². The molecule has 7 atom stereocenters. The first-order valence-electron chi connectivity index (χ1n) is 16.2. The number of fused-ring (bicyclic) bond motifs is 2. The standard InChI is InChI=1S/C36H43N3O6/c1-4-11-24(3)37-21-10-19-36-31(34(42)39(32(36)35(37)43)27(23-40)22-25-12-7-6-8-13-25)30-29(45-36)14-9-20-38(33(30)41)26-15-17-28(18-16-26)44-5-2/h6-10,12-19,24,27,29-32,40H,4-5,11,20-23H2,1-3H3/t24?,27-,29+,30-,31+,32?,36+/m1/s1. The van der Waals surface area contributed by atoms with Crippen LogP contribution in [-0.4, -0.2) is 88.8 Å². The Labute approximate surface area is 265 Å². The highest BCUT2D eigenvalue weighted by Gasteiger charge is 2.72. The first kappa shape index (κ1) is 31.0. The second-order valence-corrected chi connectivity index (χ2v) is 12.4. The number of carbonyl (C=O) groups excluding carboxylic acids is 3. The second kappa shape index (κ2) is 12.8. The van der Waals surface area contributed by atoms with Crippen LogP contribution in [-0.2, 0) is 25.5 Å². The summed E-state index contributed by atoms with van der Waals surface area (Å²) in [6.07, 6.45) is 8.96. The van der Waals surface area contributed by atoms with Gasteiger partial charge in [0.25, 0.3) is 0 Å². The van der Waals surface area contributed by atoms with Gasteiger partial charge in [-0.2, -0.15) is 0 Å². The van der Waals surface area contributed by atoms with Crippen molar-refractivity contribution in [3.05, 3.63) is 84.5 Å². The molecule has 2 fully saturated rings. The van der Waals surface area contributed by atoms with E-state index in [1.54, 1.807) is 9.80 Å². The number of nitrogens with zero attached hydrogens (tertiary/aromatic N) is 3. The van der Waals surface area contributed by atoms with Crippen LogP contribution < -0.4 is 9.64 Å². The van der Waals surface area contributed by atoms with Gasteiger partial charge in [0.2, 0.25) is 17.7 Å². The van der Waals surface area contributed by atoms with Gasteiger partial charge in [-0.15, -0.1) is 0 Å². The fourth-order valence-electron chi connectivity index (χ4n) is 7.72. The lowest BCUT2D eigenvalue weighted by Gasteiger charge is -2.40. The van der Waals surface area contributed by atoms with E-state index in [4.69, 9.17) is 9.47 Å². The van der Waals surface area contributed by atoms with Crippen molar-refractivity contribution in [2.45, 2.75) is 69.9 Å². The molecule has 4 aliphatic heterocycles. The first-order valence-corrected chi connectivity index (χ1v) is 16.2. The Kier molecular flexibility index (Phi) is 8.84. The minimum Gasteiger partial charge on any atom is -0.494 e. The van der Waals surface area contributed by atoms with Gasteiger partial charge in [-0.1, -0.05) is 68.0 Å². The minimum absolute atomic E-state index is 0.0523. The summed E-state index contributed by atoms with van der Waals surface area (Å²) in [5.74, 6) is -1.83. The van der Waals surface area contributed by atoms with E-state index in [0.29, 0.717) is 37.6 Å². The molecule has 4 aliphatic rings. The molecule has 2 unspecified atom stereocenters. The van der Waals surface area contributed by atoms with Gasteiger partial charge in [-0.25, -0.2) is 0 Å². The van der Waals surface area contributed by atoms with Crippen LogP contribution >= 0.6 is 0 Å². The summed E-state index contributed by atoms with van der Waals surface area (Å²) < 4.78 is 12.4. The van der Waals surface area contributed by atoms with Crippen LogP contribution in [0.15, 0.2) is 78.9 Å². The van der Waals surface area contributed by atoms with Crippen molar-refractivity contribution in [1.29, 1.82) is 0 Å². The van der Waals surface area contributed by atoms with E-state index in [9.17, 15) is 19.5 Å². The van der Waals surface area contributed by atoms with Crippen molar-refractivity contribution in [2.75, 3.05) is 31.2 Å². The molecule has 0 saturated carbocycles. The molecular formula is C36H43N3O6. The van der Waals surface area contributed by atoms with Crippen molar-refractivity contribution in [3.8, 4) is 5.75 Å². The molecule has 0 aliphatic carbocycles. The third-order valence-electron chi connectivity index (χ3n) is 9.74. The second-order valence-electron chi connectivity index (χ2n) is 12.4. The molecule has 1 N–H and O–H groups in total. The van der Waals surface area contributed by atoms with E-state index in [1.807, 2.05) is 97.6 Å². The number of aliphatic hydroxyl groups excluding tert-OH is 1. The first-order chi connectivity index (χ1) is 21.8. The van der Waals surface area contributed by atoms with Crippen LogP contribution in [0.5, 0.6) is 5.75 Å². The molecule has 3 amide bonds. The van der Waals surface area contributed by atoms with Gasteiger partial charge in [0.15, 0.2) is 0 Å². The highest BCUT2D eigenvalue weighted by atomic mass is 16.5. The number of anilines is 1. The van der Waals surface area contributed by atoms with Crippen molar-refractivity contribution in [1.82, 2.24) is 9.80 Å². The Morgan fingerprint density at radius 1 is 0.978 bits per heavy atom. The zero-order valence-electron chi connectivity index (χ0n) is 26.2. The van der Waals surface area contributed by atoms with Gasteiger partial charge in [-0.05, 0) is 56.5 Å². The van der Waals surface area contributed by atoms with E-state index in [0.717, 1.165) is 18.4 Å². The Balaban J connectivity index is 1.42. The fourth-order valence-corrected chi connectivity index (χ4v) is 7.72. The third-order valence-corrected chi connectivity index (χ3v) is 9.74. The van der Waals surface area contributed by atoms with Crippen LogP contribution in [0.2, 0.25) is 0 Å². The maximum atomic E-state index is 14.8. The molecule has 0 aromatic heterocycles. The number of hydrogen-bond donors (Lipinski definition) is 1. The van der Waals surface area contributed by atoms with Gasteiger partial charge < -0.3 is 29.3 Å². The van der Waals surface area contributed by atoms with E-state index in [1.165, 1.54) is 0 Å². The molecule has 2 aromatic rings. The minimum atomic E-state index is -1.35. The lowest BCUT2D eigenvalue weighted by Crippen LogP contribution is -2.59. The Morgan fingerprint density at radius 3 is 2.42 bits per heavy atom. The third kappa shape index (κ3) is 5.36. The summed E-state index contributed by atoms with van der Waals surface area (Å²) in [7, 11) is 0. The zero-order chi connectivity index (χ0) is 31.7. The Bertz CT molecular complexity index is 1460. The maximum Gasteiger partial charge on any atom is 0.249 e. The smallest absolute Gasteiger partial charge is 0.249 e. The largest absolute Gasteiger partial charge is 0.494 e. The van der Waals surface area contributed by atoms with Crippen molar-refractivity contribution in [3.63, 3.8) is 0 Å². The molecule has 2 aromatic carbocycles. The summed E-state index contributed by atoms with van der Waals surface area (Å²) >= 11 is 0.